The molecule has 1 heterocycles. The predicted molar refractivity (Wildman–Crippen MR) is 143 cm³/mol. The van der Waals surface area contributed by atoms with E-state index >= 15 is 0 Å². The largest absolute Gasteiger partial charge is 0.491 e. The third kappa shape index (κ3) is 6.07. The minimum atomic E-state index is -0.891. The van der Waals surface area contributed by atoms with Gasteiger partial charge in [-0.1, -0.05) is 52.8 Å². The highest BCUT2D eigenvalue weighted by Gasteiger charge is 2.38. The maximum Gasteiger partial charge on any atom is 0.312 e. The Balaban J connectivity index is 1.64. The zero-order valence-corrected chi connectivity index (χ0v) is 22.3. The molecule has 0 aliphatic rings. The van der Waals surface area contributed by atoms with Gasteiger partial charge in [-0.3, -0.25) is 4.79 Å². The minimum absolute atomic E-state index is 0.0619. The highest BCUT2D eigenvalue weighted by molar-refractivity contribution is 5.87. The van der Waals surface area contributed by atoms with Crippen LogP contribution in [0.25, 0.3) is 22.2 Å². The van der Waals surface area contributed by atoms with Crippen LogP contribution in [0.4, 0.5) is 0 Å². The molecule has 2 unspecified atom stereocenters. The van der Waals surface area contributed by atoms with Crippen LogP contribution < -0.4 is 4.74 Å². The van der Waals surface area contributed by atoms with Crippen molar-refractivity contribution in [2.24, 2.45) is 24.3 Å². The molecule has 35 heavy (non-hydrogen) atoms. The number of esters is 1. The van der Waals surface area contributed by atoms with E-state index in [2.05, 4.69) is 68.8 Å². The fourth-order valence-electron chi connectivity index (χ4n) is 4.73. The van der Waals surface area contributed by atoms with Gasteiger partial charge in [0, 0.05) is 29.2 Å². The maximum atomic E-state index is 12.8. The van der Waals surface area contributed by atoms with Crippen molar-refractivity contribution in [3.05, 3.63) is 54.1 Å². The molecule has 0 saturated heterocycles. The Morgan fingerprint density at radius 3 is 2.40 bits per heavy atom. The number of benzene rings is 2. The number of carbonyl (C=O) groups excluding carboxylic acids is 1. The van der Waals surface area contributed by atoms with Crippen LogP contribution in [-0.2, 0) is 23.0 Å². The number of hydrogen-bond donors (Lipinski definition) is 1. The van der Waals surface area contributed by atoms with Crippen molar-refractivity contribution in [3.8, 4) is 17.0 Å². The van der Waals surface area contributed by atoms with Gasteiger partial charge in [-0.2, -0.15) is 0 Å². The van der Waals surface area contributed by atoms with E-state index in [1.807, 2.05) is 32.9 Å². The Labute approximate surface area is 210 Å². The number of aliphatic hydroxyl groups excluding tert-OH is 1. The van der Waals surface area contributed by atoms with E-state index in [1.54, 1.807) is 0 Å². The second kappa shape index (κ2) is 11.3. The topological polar surface area (TPSA) is 60.7 Å². The smallest absolute Gasteiger partial charge is 0.312 e. The number of para-hydroxylation sites is 1. The molecule has 2 aromatic carbocycles. The van der Waals surface area contributed by atoms with Gasteiger partial charge in [0.1, 0.15) is 25.1 Å². The molecule has 0 fully saturated rings. The molecule has 0 amide bonds. The third-order valence-electron chi connectivity index (χ3n) is 7.11. The average molecular weight is 480 g/mol. The number of carbonyl (C=O) groups is 1. The summed E-state index contributed by atoms with van der Waals surface area (Å²) in [5.74, 6) is 0.973. The van der Waals surface area contributed by atoms with Gasteiger partial charge in [0.25, 0.3) is 0 Å². The number of aryl methyl sites for hydroxylation is 2. The van der Waals surface area contributed by atoms with Crippen molar-refractivity contribution in [2.45, 2.75) is 60.5 Å². The molecule has 1 aromatic heterocycles. The second-order valence-corrected chi connectivity index (χ2v) is 10.6. The van der Waals surface area contributed by atoms with Crippen LogP contribution in [0.5, 0.6) is 5.75 Å². The first-order valence-electron chi connectivity index (χ1n) is 12.7. The van der Waals surface area contributed by atoms with Crippen LogP contribution >= 0.6 is 0 Å². The standard InChI is InChI=1S/C30H41NO4/c1-8-22-15-25(13-14-26(22)28-16-23-11-9-10-12-27(23)31(28)7)34-18-24(32)19-35-29(33)30(6,21(4)5)17-20(2)3/h9-16,20-21,24,32H,8,17-19H2,1-7H3. The molecule has 2 atom stereocenters. The van der Waals surface area contributed by atoms with Gasteiger partial charge in [-0.25, -0.2) is 0 Å². The summed E-state index contributed by atoms with van der Waals surface area (Å²) < 4.78 is 13.6. The first-order chi connectivity index (χ1) is 16.6. The number of aliphatic hydroxyl groups is 1. The summed E-state index contributed by atoms with van der Waals surface area (Å²) in [6, 6.07) is 16.6. The highest BCUT2D eigenvalue weighted by atomic mass is 16.5. The van der Waals surface area contributed by atoms with Crippen molar-refractivity contribution < 1.29 is 19.4 Å². The van der Waals surface area contributed by atoms with E-state index in [0.717, 1.165) is 18.5 Å². The van der Waals surface area contributed by atoms with Gasteiger partial charge >= 0.3 is 5.97 Å². The molecule has 5 heteroatoms. The van der Waals surface area contributed by atoms with Gasteiger partial charge < -0.3 is 19.1 Å². The summed E-state index contributed by atoms with van der Waals surface area (Å²) in [6.07, 6.45) is 0.717. The summed E-state index contributed by atoms with van der Waals surface area (Å²) in [4.78, 5) is 12.8. The minimum Gasteiger partial charge on any atom is -0.491 e. The molecule has 0 bridgehead atoms. The molecule has 5 nitrogen and oxygen atoms in total. The third-order valence-corrected chi connectivity index (χ3v) is 7.11. The normalized spacial score (nSPS) is 14.3. The van der Waals surface area contributed by atoms with Gasteiger partial charge in [0.05, 0.1) is 5.41 Å². The quantitative estimate of drug-likeness (QED) is 0.323. The number of nitrogens with zero attached hydrogens (tertiary/aromatic N) is 1. The molecule has 0 spiro atoms. The van der Waals surface area contributed by atoms with Crippen molar-refractivity contribution in [1.29, 1.82) is 0 Å². The van der Waals surface area contributed by atoms with Gasteiger partial charge in [-0.05, 0) is 67.5 Å². The SMILES string of the molecule is CCc1cc(OCC(O)COC(=O)C(C)(CC(C)C)C(C)C)ccc1-c1cc2ccccc2n1C. The van der Waals surface area contributed by atoms with E-state index in [-0.39, 0.29) is 25.1 Å². The summed E-state index contributed by atoms with van der Waals surface area (Å²) in [5, 5.41) is 11.6. The Hall–Kier alpha value is -2.79. The summed E-state index contributed by atoms with van der Waals surface area (Å²) >= 11 is 0. The van der Waals surface area contributed by atoms with Crippen molar-refractivity contribution in [1.82, 2.24) is 4.57 Å². The lowest BCUT2D eigenvalue weighted by Gasteiger charge is -2.33. The Morgan fingerprint density at radius 2 is 1.77 bits per heavy atom. The first-order valence-corrected chi connectivity index (χ1v) is 12.7. The molecule has 0 saturated carbocycles. The van der Waals surface area contributed by atoms with Gasteiger partial charge in [0.15, 0.2) is 0 Å². The van der Waals surface area contributed by atoms with Crippen LogP contribution in [-0.4, -0.2) is 35.0 Å². The summed E-state index contributed by atoms with van der Waals surface area (Å²) in [7, 11) is 2.09. The van der Waals surface area contributed by atoms with E-state index < -0.39 is 11.5 Å². The Morgan fingerprint density at radius 1 is 1.06 bits per heavy atom. The number of ether oxygens (including phenoxy) is 2. The molecular formula is C30H41NO4. The molecule has 1 N–H and O–H groups in total. The lowest BCUT2D eigenvalue weighted by atomic mass is 9.73. The van der Waals surface area contributed by atoms with Crippen LogP contribution in [0.3, 0.4) is 0 Å². The lowest BCUT2D eigenvalue weighted by molar-refractivity contribution is -0.162. The van der Waals surface area contributed by atoms with Crippen LogP contribution in [0, 0.1) is 17.3 Å². The van der Waals surface area contributed by atoms with E-state index in [9.17, 15) is 9.90 Å². The van der Waals surface area contributed by atoms with Crippen LogP contribution in [0.2, 0.25) is 0 Å². The van der Waals surface area contributed by atoms with E-state index in [0.29, 0.717) is 11.7 Å². The summed E-state index contributed by atoms with van der Waals surface area (Å²) in [5.41, 5.74) is 4.14. The maximum absolute atomic E-state index is 12.8. The molecule has 3 aromatic rings. The van der Waals surface area contributed by atoms with Gasteiger partial charge in [-0.15, -0.1) is 0 Å². The fourth-order valence-corrected chi connectivity index (χ4v) is 4.73. The molecule has 0 aliphatic carbocycles. The Kier molecular flexibility index (Phi) is 8.65. The predicted octanol–water partition coefficient (Wildman–Crippen LogP) is 6.40. The monoisotopic (exact) mass is 479 g/mol. The molecular weight excluding hydrogens is 438 g/mol. The van der Waals surface area contributed by atoms with E-state index in [4.69, 9.17) is 9.47 Å². The van der Waals surface area contributed by atoms with Crippen molar-refractivity contribution >= 4 is 16.9 Å². The zero-order chi connectivity index (χ0) is 25.8. The second-order valence-electron chi connectivity index (χ2n) is 10.6. The van der Waals surface area contributed by atoms with Crippen molar-refractivity contribution in [2.75, 3.05) is 13.2 Å². The molecule has 3 rings (SSSR count). The summed E-state index contributed by atoms with van der Waals surface area (Å²) in [6.45, 7) is 12.3. The number of aromatic nitrogens is 1. The number of rotatable bonds is 11. The highest BCUT2D eigenvalue weighted by Crippen LogP contribution is 2.36. The average Bonchev–Trinajstić information content (AvgIpc) is 3.16. The fraction of sp³-hybridized carbons (Fsp3) is 0.500. The van der Waals surface area contributed by atoms with Crippen LogP contribution in [0.15, 0.2) is 48.5 Å². The molecule has 190 valence electrons. The van der Waals surface area contributed by atoms with Crippen LogP contribution in [0.1, 0.15) is 53.5 Å². The first kappa shape index (κ1) is 26.8. The van der Waals surface area contributed by atoms with Gasteiger partial charge in [0.2, 0.25) is 0 Å². The Bertz CT molecular complexity index is 1150. The number of hydrogen-bond acceptors (Lipinski definition) is 4. The van der Waals surface area contributed by atoms with Crippen molar-refractivity contribution in [3.63, 3.8) is 0 Å². The number of fused-ring (bicyclic) bond motifs is 1. The molecule has 0 radical (unpaired) electrons. The zero-order valence-electron chi connectivity index (χ0n) is 22.3. The molecule has 0 aliphatic heterocycles. The van der Waals surface area contributed by atoms with E-state index in [1.165, 1.54) is 22.0 Å². The lowest BCUT2D eigenvalue weighted by Crippen LogP contribution is -2.38.